The van der Waals surface area contributed by atoms with E-state index in [1.54, 1.807) is 0 Å². The zero-order chi connectivity index (χ0) is 14.2. The fraction of sp³-hybridized carbons (Fsp3) is 0.333. The molecule has 0 unspecified atom stereocenters. The number of hydrogen-bond acceptors (Lipinski definition) is 2. The van der Waals surface area contributed by atoms with Crippen molar-refractivity contribution in [3.63, 3.8) is 0 Å². The molecule has 2 atom stereocenters. The predicted octanol–water partition coefficient (Wildman–Crippen LogP) is 3.43. The number of piperazine rings is 1. The fourth-order valence-corrected chi connectivity index (χ4v) is 3.84. The second-order valence-electron chi connectivity index (χ2n) is 5.95. The van der Waals surface area contributed by atoms with Gasteiger partial charge in [0, 0.05) is 43.2 Å². The van der Waals surface area contributed by atoms with Gasteiger partial charge in [-0.3, -0.25) is 4.90 Å². The molecule has 1 fully saturated rings. The SMILES string of the molecule is Clc1ccc([C@H]2CN3CCNC[C@H]3c3ccccc32)cc1. The van der Waals surface area contributed by atoms with Gasteiger partial charge < -0.3 is 5.32 Å². The molecule has 0 radical (unpaired) electrons. The number of nitrogens with one attached hydrogen (secondary N) is 1. The third-order valence-electron chi connectivity index (χ3n) is 4.77. The van der Waals surface area contributed by atoms with E-state index < -0.39 is 0 Å². The van der Waals surface area contributed by atoms with Crippen LogP contribution in [-0.2, 0) is 0 Å². The smallest absolute Gasteiger partial charge is 0.0476 e. The molecule has 2 heterocycles. The first-order valence-electron chi connectivity index (χ1n) is 7.62. The van der Waals surface area contributed by atoms with Gasteiger partial charge in [0.15, 0.2) is 0 Å². The summed E-state index contributed by atoms with van der Waals surface area (Å²) >= 11 is 6.04. The van der Waals surface area contributed by atoms with Crippen molar-refractivity contribution in [3.8, 4) is 0 Å². The van der Waals surface area contributed by atoms with Gasteiger partial charge in [-0.15, -0.1) is 0 Å². The highest BCUT2D eigenvalue weighted by Gasteiger charge is 2.34. The van der Waals surface area contributed by atoms with Crippen LogP contribution in [0.25, 0.3) is 0 Å². The van der Waals surface area contributed by atoms with Crippen LogP contribution in [0.15, 0.2) is 48.5 Å². The van der Waals surface area contributed by atoms with Gasteiger partial charge in [-0.25, -0.2) is 0 Å². The third-order valence-corrected chi connectivity index (χ3v) is 5.03. The van der Waals surface area contributed by atoms with Crippen LogP contribution in [0.5, 0.6) is 0 Å². The van der Waals surface area contributed by atoms with Crippen LogP contribution >= 0.6 is 11.6 Å². The number of halogens is 1. The summed E-state index contributed by atoms with van der Waals surface area (Å²) < 4.78 is 0. The summed E-state index contributed by atoms with van der Waals surface area (Å²) in [5.41, 5.74) is 4.32. The van der Waals surface area contributed by atoms with Crippen molar-refractivity contribution in [2.45, 2.75) is 12.0 Å². The normalized spacial score (nSPS) is 25.2. The maximum Gasteiger partial charge on any atom is 0.0476 e. The molecule has 1 saturated heterocycles. The van der Waals surface area contributed by atoms with Crippen LogP contribution in [0.3, 0.4) is 0 Å². The van der Waals surface area contributed by atoms with Crippen molar-refractivity contribution >= 4 is 11.6 Å². The zero-order valence-electron chi connectivity index (χ0n) is 11.9. The van der Waals surface area contributed by atoms with E-state index in [4.69, 9.17) is 11.6 Å². The fourth-order valence-electron chi connectivity index (χ4n) is 3.72. The lowest BCUT2D eigenvalue weighted by Crippen LogP contribution is -2.50. The van der Waals surface area contributed by atoms with Crippen molar-refractivity contribution in [2.24, 2.45) is 0 Å². The highest BCUT2D eigenvalue weighted by molar-refractivity contribution is 6.30. The van der Waals surface area contributed by atoms with E-state index in [0.29, 0.717) is 12.0 Å². The number of benzene rings is 2. The summed E-state index contributed by atoms with van der Waals surface area (Å²) in [6, 6.07) is 17.8. The summed E-state index contributed by atoms with van der Waals surface area (Å²) in [5, 5.41) is 4.34. The number of fused-ring (bicyclic) bond motifs is 3. The van der Waals surface area contributed by atoms with E-state index in [9.17, 15) is 0 Å². The molecule has 0 saturated carbocycles. The molecule has 0 bridgehead atoms. The Morgan fingerprint density at radius 2 is 1.76 bits per heavy atom. The van der Waals surface area contributed by atoms with E-state index in [1.807, 2.05) is 12.1 Å². The first-order chi connectivity index (χ1) is 10.3. The molecule has 2 aliphatic rings. The molecule has 2 aromatic rings. The van der Waals surface area contributed by atoms with Crippen molar-refractivity contribution in [1.29, 1.82) is 0 Å². The van der Waals surface area contributed by atoms with E-state index >= 15 is 0 Å². The second-order valence-corrected chi connectivity index (χ2v) is 6.38. The molecule has 108 valence electrons. The van der Waals surface area contributed by atoms with Crippen molar-refractivity contribution in [1.82, 2.24) is 10.2 Å². The second kappa shape index (κ2) is 5.45. The van der Waals surface area contributed by atoms with Crippen LogP contribution in [0.4, 0.5) is 0 Å². The van der Waals surface area contributed by atoms with Gasteiger partial charge >= 0.3 is 0 Å². The van der Waals surface area contributed by atoms with Gasteiger partial charge in [-0.2, -0.15) is 0 Å². The minimum atomic E-state index is 0.452. The van der Waals surface area contributed by atoms with E-state index in [1.165, 1.54) is 16.7 Å². The van der Waals surface area contributed by atoms with Crippen molar-refractivity contribution in [3.05, 3.63) is 70.2 Å². The Bertz CT molecular complexity index is 638. The first kappa shape index (κ1) is 13.3. The topological polar surface area (TPSA) is 15.3 Å². The lowest BCUT2D eigenvalue weighted by molar-refractivity contribution is 0.143. The van der Waals surface area contributed by atoms with Crippen LogP contribution in [0.2, 0.25) is 5.02 Å². The first-order valence-corrected chi connectivity index (χ1v) is 8.00. The number of rotatable bonds is 1. The quantitative estimate of drug-likeness (QED) is 0.868. The molecule has 2 nitrogen and oxygen atoms in total. The Kier molecular flexibility index (Phi) is 3.46. The summed E-state index contributed by atoms with van der Waals surface area (Å²) in [4.78, 5) is 2.62. The molecule has 0 spiro atoms. The van der Waals surface area contributed by atoms with Gasteiger partial charge in [0.05, 0.1) is 0 Å². The third kappa shape index (κ3) is 2.38. The van der Waals surface area contributed by atoms with Crippen LogP contribution in [0, 0.1) is 0 Å². The van der Waals surface area contributed by atoms with Crippen molar-refractivity contribution < 1.29 is 0 Å². The Labute approximate surface area is 130 Å². The molecule has 1 N–H and O–H groups in total. The van der Waals surface area contributed by atoms with Crippen LogP contribution in [-0.4, -0.2) is 31.1 Å². The lowest BCUT2D eigenvalue weighted by Gasteiger charge is -2.44. The van der Waals surface area contributed by atoms with E-state index in [-0.39, 0.29) is 0 Å². The van der Waals surface area contributed by atoms with Gasteiger partial charge in [-0.1, -0.05) is 48.0 Å². The Balaban J connectivity index is 1.79. The molecule has 3 heteroatoms. The number of hydrogen-bond donors (Lipinski definition) is 1. The monoisotopic (exact) mass is 298 g/mol. The number of nitrogens with zero attached hydrogens (tertiary/aromatic N) is 1. The average molecular weight is 299 g/mol. The molecule has 2 aromatic carbocycles. The molecule has 0 amide bonds. The van der Waals surface area contributed by atoms with Gasteiger partial charge in [0.1, 0.15) is 0 Å². The maximum atomic E-state index is 6.04. The molecular weight excluding hydrogens is 280 g/mol. The lowest BCUT2D eigenvalue weighted by atomic mass is 9.81. The van der Waals surface area contributed by atoms with Gasteiger partial charge in [0.25, 0.3) is 0 Å². The molecule has 0 aliphatic carbocycles. The minimum absolute atomic E-state index is 0.452. The highest BCUT2D eigenvalue weighted by Crippen LogP contribution is 2.39. The molecule has 21 heavy (non-hydrogen) atoms. The zero-order valence-corrected chi connectivity index (χ0v) is 12.7. The largest absolute Gasteiger partial charge is 0.314 e. The Morgan fingerprint density at radius 1 is 1.00 bits per heavy atom. The van der Waals surface area contributed by atoms with E-state index in [0.717, 1.165) is 31.2 Å². The molecule has 2 aliphatic heterocycles. The summed E-state index contributed by atoms with van der Waals surface area (Å²) in [5.74, 6) is 0.452. The summed E-state index contributed by atoms with van der Waals surface area (Å²) in [7, 11) is 0. The maximum absolute atomic E-state index is 6.04. The average Bonchev–Trinajstić information content (AvgIpc) is 2.55. The van der Waals surface area contributed by atoms with Crippen LogP contribution in [0.1, 0.15) is 28.7 Å². The van der Waals surface area contributed by atoms with E-state index in [2.05, 4.69) is 46.6 Å². The Hall–Kier alpha value is -1.35. The van der Waals surface area contributed by atoms with Gasteiger partial charge in [-0.05, 0) is 28.8 Å². The summed E-state index contributed by atoms with van der Waals surface area (Å²) in [6.45, 7) is 4.38. The van der Waals surface area contributed by atoms with Crippen LogP contribution < -0.4 is 5.32 Å². The Morgan fingerprint density at radius 3 is 2.57 bits per heavy atom. The highest BCUT2D eigenvalue weighted by atomic mass is 35.5. The molecular formula is C18H19ClN2. The molecule has 0 aromatic heterocycles. The van der Waals surface area contributed by atoms with Gasteiger partial charge in [0.2, 0.25) is 0 Å². The summed E-state index contributed by atoms with van der Waals surface area (Å²) in [6.07, 6.45) is 0. The standard InChI is InChI=1S/C18H19ClN2/c19-14-7-5-13(6-8-14)17-12-21-10-9-20-11-18(21)16-4-2-1-3-15(16)17/h1-8,17-18,20H,9-12H2/t17-,18+/m1/s1. The molecule has 4 rings (SSSR count). The minimum Gasteiger partial charge on any atom is -0.314 e. The van der Waals surface area contributed by atoms with Crippen molar-refractivity contribution in [2.75, 3.05) is 26.2 Å². The predicted molar refractivity (Wildman–Crippen MR) is 86.9 cm³/mol.